The summed E-state index contributed by atoms with van der Waals surface area (Å²) in [5, 5.41) is 9.59. The van der Waals surface area contributed by atoms with E-state index >= 15 is 0 Å². The first-order valence-electron chi connectivity index (χ1n) is 5.23. The van der Waals surface area contributed by atoms with E-state index in [-0.39, 0.29) is 6.10 Å². The van der Waals surface area contributed by atoms with Gasteiger partial charge in [0.15, 0.2) is 6.10 Å². The summed E-state index contributed by atoms with van der Waals surface area (Å²) in [7, 11) is 0. The summed E-state index contributed by atoms with van der Waals surface area (Å²) in [6.45, 7) is 3.97. The predicted octanol–water partition coefficient (Wildman–Crippen LogP) is 2.38. The van der Waals surface area contributed by atoms with Crippen molar-refractivity contribution < 1.29 is 4.74 Å². The van der Waals surface area contributed by atoms with E-state index in [1.807, 2.05) is 25.1 Å². The number of morpholine rings is 1. The molecule has 3 nitrogen and oxygen atoms in total. The van der Waals surface area contributed by atoms with Crippen molar-refractivity contribution in [3.63, 3.8) is 0 Å². The first-order chi connectivity index (χ1) is 7.70. The molecule has 1 aliphatic heterocycles. The SMILES string of the molecule is Cc1ccc(N2CCOC(C#N)C2)cc1Cl. The molecule has 0 aliphatic carbocycles. The predicted molar refractivity (Wildman–Crippen MR) is 63.8 cm³/mol. The van der Waals surface area contributed by atoms with E-state index in [2.05, 4.69) is 11.0 Å². The molecular weight excluding hydrogens is 224 g/mol. The number of hydrogen-bond acceptors (Lipinski definition) is 3. The molecule has 0 aromatic heterocycles. The van der Waals surface area contributed by atoms with Crippen LogP contribution in [0.15, 0.2) is 18.2 Å². The lowest BCUT2D eigenvalue weighted by atomic mass is 10.2. The molecule has 1 aromatic rings. The van der Waals surface area contributed by atoms with E-state index in [4.69, 9.17) is 21.6 Å². The summed E-state index contributed by atoms with van der Waals surface area (Å²) in [6.07, 6.45) is -0.339. The van der Waals surface area contributed by atoms with Gasteiger partial charge in [-0.1, -0.05) is 17.7 Å². The van der Waals surface area contributed by atoms with E-state index in [9.17, 15) is 0 Å². The Morgan fingerprint density at radius 3 is 3.06 bits per heavy atom. The van der Waals surface area contributed by atoms with Gasteiger partial charge < -0.3 is 9.64 Å². The molecule has 1 atom stereocenters. The highest BCUT2D eigenvalue weighted by atomic mass is 35.5. The second-order valence-corrected chi connectivity index (χ2v) is 4.28. The molecule has 1 unspecified atom stereocenters. The lowest BCUT2D eigenvalue weighted by Gasteiger charge is -2.31. The van der Waals surface area contributed by atoms with Crippen LogP contribution >= 0.6 is 11.6 Å². The molecule has 1 heterocycles. The first kappa shape index (κ1) is 11.3. The molecule has 0 saturated carbocycles. The molecule has 0 bridgehead atoms. The Labute approximate surface area is 100 Å². The minimum Gasteiger partial charge on any atom is -0.365 e. The largest absolute Gasteiger partial charge is 0.365 e. The zero-order valence-electron chi connectivity index (χ0n) is 9.11. The smallest absolute Gasteiger partial charge is 0.161 e. The fraction of sp³-hybridized carbons (Fsp3) is 0.417. The van der Waals surface area contributed by atoms with Crippen LogP contribution in [0.2, 0.25) is 5.02 Å². The molecule has 84 valence electrons. The average Bonchev–Trinajstić information content (AvgIpc) is 2.33. The summed E-state index contributed by atoms with van der Waals surface area (Å²) < 4.78 is 5.30. The zero-order chi connectivity index (χ0) is 11.5. The highest BCUT2D eigenvalue weighted by molar-refractivity contribution is 6.31. The fourth-order valence-corrected chi connectivity index (χ4v) is 1.92. The average molecular weight is 237 g/mol. The molecular formula is C12H13ClN2O. The number of rotatable bonds is 1. The lowest BCUT2D eigenvalue weighted by molar-refractivity contribution is 0.0764. The third-order valence-corrected chi connectivity index (χ3v) is 3.14. The Balaban J connectivity index is 2.17. The van der Waals surface area contributed by atoms with Crippen LogP contribution in [0, 0.1) is 18.3 Å². The minimum atomic E-state index is -0.339. The van der Waals surface area contributed by atoms with Crippen molar-refractivity contribution in [2.75, 3.05) is 24.6 Å². The lowest BCUT2D eigenvalue weighted by Crippen LogP contribution is -2.41. The Kier molecular flexibility index (Phi) is 3.33. The quantitative estimate of drug-likeness (QED) is 0.751. The number of benzene rings is 1. The highest BCUT2D eigenvalue weighted by Gasteiger charge is 2.20. The van der Waals surface area contributed by atoms with E-state index in [1.54, 1.807) is 0 Å². The maximum Gasteiger partial charge on any atom is 0.161 e. The molecule has 0 spiro atoms. The summed E-state index contributed by atoms with van der Waals surface area (Å²) in [5.74, 6) is 0. The van der Waals surface area contributed by atoms with E-state index in [0.717, 1.165) is 22.8 Å². The molecule has 1 saturated heterocycles. The topological polar surface area (TPSA) is 36.3 Å². The van der Waals surface area contributed by atoms with Gasteiger partial charge in [0.2, 0.25) is 0 Å². The van der Waals surface area contributed by atoms with Crippen molar-refractivity contribution in [2.24, 2.45) is 0 Å². The number of ether oxygens (including phenoxy) is 1. The van der Waals surface area contributed by atoms with Crippen LogP contribution in [0.5, 0.6) is 0 Å². The van der Waals surface area contributed by atoms with Crippen LogP contribution in [0.25, 0.3) is 0 Å². The van der Waals surface area contributed by atoms with Crippen molar-refractivity contribution >= 4 is 17.3 Å². The van der Waals surface area contributed by atoms with Crippen LogP contribution in [0.1, 0.15) is 5.56 Å². The van der Waals surface area contributed by atoms with Gasteiger partial charge in [-0.25, -0.2) is 0 Å². The van der Waals surface area contributed by atoms with Crippen LogP contribution < -0.4 is 4.90 Å². The highest BCUT2D eigenvalue weighted by Crippen LogP contribution is 2.24. The zero-order valence-corrected chi connectivity index (χ0v) is 9.87. The maximum atomic E-state index is 8.83. The summed E-state index contributed by atoms with van der Waals surface area (Å²) >= 11 is 6.08. The maximum absolute atomic E-state index is 8.83. The van der Waals surface area contributed by atoms with Crippen molar-refractivity contribution in [3.8, 4) is 6.07 Å². The van der Waals surface area contributed by atoms with Gasteiger partial charge in [0, 0.05) is 17.3 Å². The minimum absolute atomic E-state index is 0.339. The molecule has 0 N–H and O–H groups in total. The monoisotopic (exact) mass is 236 g/mol. The number of anilines is 1. The van der Waals surface area contributed by atoms with Gasteiger partial charge in [0.05, 0.1) is 19.2 Å². The number of aryl methyl sites for hydroxylation is 1. The van der Waals surface area contributed by atoms with Gasteiger partial charge in [0.1, 0.15) is 0 Å². The van der Waals surface area contributed by atoms with Crippen LogP contribution in [-0.4, -0.2) is 25.8 Å². The van der Waals surface area contributed by atoms with Crippen LogP contribution in [0.4, 0.5) is 5.69 Å². The second-order valence-electron chi connectivity index (χ2n) is 3.87. The summed E-state index contributed by atoms with van der Waals surface area (Å²) in [4.78, 5) is 2.13. The van der Waals surface area contributed by atoms with Crippen LogP contribution in [-0.2, 0) is 4.74 Å². The van der Waals surface area contributed by atoms with Gasteiger partial charge >= 0.3 is 0 Å². The van der Waals surface area contributed by atoms with E-state index in [1.165, 1.54) is 0 Å². The molecule has 2 rings (SSSR count). The summed E-state index contributed by atoms with van der Waals surface area (Å²) in [5.41, 5.74) is 2.12. The van der Waals surface area contributed by atoms with Crippen molar-refractivity contribution in [2.45, 2.75) is 13.0 Å². The number of nitrogens with zero attached hydrogens (tertiary/aromatic N) is 2. The number of nitriles is 1. The fourth-order valence-electron chi connectivity index (χ4n) is 1.74. The van der Waals surface area contributed by atoms with E-state index < -0.39 is 0 Å². The molecule has 1 fully saturated rings. The second kappa shape index (κ2) is 4.73. The number of halogens is 1. The van der Waals surface area contributed by atoms with Gasteiger partial charge in [-0.2, -0.15) is 5.26 Å². The first-order valence-corrected chi connectivity index (χ1v) is 5.61. The standard InChI is InChI=1S/C12H13ClN2O/c1-9-2-3-10(6-12(9)13)15-4-5-16-11(7-14)8-15/h2-3,6,11H,4-5,8H2,1H3. The number of hydrogen-bond donors (Lipinski definition) is 0. The Morgan fingerprint density at radius 2 is 2.38 bits per heavy atom. The normalized spacial score (nSPS) is 20.6. The Morgan fingerprint density at radius 1 is 1.56 bits per heavy atom. The molecule has 1 aromatic carbocycles. The third-order valence-electron chi connectivity index (χ3n) is 2.73. The molecule has 0 amide bonds. The molecule has 16 heavy (non-hydrogen) atoms. The van der Waals surface area contributed by atoms with Crippen molar-refractivity contribution in [1.82, 2.24) is 0 Å². The van der Waals surface area contributed by atoms with Gasteiger partial charge in [-0.15, -0.1) is 0 Å². The van der Waals surface area contributed by atoms with Gasteiger partial charge in [-0.05, 0) is 24.6 Å². The third kappa shape index (κ3) is 2.29. The Hall–Kier alpha value is -1.24. The molecule has 0 radical (unpaired) electrons. The Bertz CT molecular complexity index is 428. The molecule has 4 heteroatoms. The van der Waals surface area contributed by atoms with Crippen LogP contribution in [0.3, 0.4) is 0 Å². The molecule has 1 aliphatic rings. The van der Waals surface area contributed by atoms with Gasteiger partial charge in [0.25, 0.3) is 0 Å². The van der Waals surface area contributed by atoms with Gasteiger partial charge in [-0.3, -0.25) is 0 Å². The summed E-state index contributed by atoms with van der Waals surface area (Å²) in [6, 6.07) is 8.10. The van der Waals surface area contributed by atoms with Crippen molar-refractivity contribution in [1.29, 1.82) is 5.26 Å². The van der Waals surface area contributed by atoms with E-state index in [0.29, 0.717) is 13.2 Å². The van der Waals surface area contributed by atoms with Crippen molar-refractivity contribution in [3.05, 3.63) is 28.8 Å².